The minimum atomic E-state index is -5.12. The number of nitrogens with one attached hydrogen (secondary N) is 2. The predicted molar refractivity (Wildman–Crippen MR) is 96.4 cm³/mol. The molecule has 0 radical (unpaired) electrons. The van der Waals surface area contributed by atoms with E-state index in [2.05, 4.69) is 10.3 Å². The second-order valence-corrected chi connectivity index (χ2v) is 7.46. The normalized spacial score (nSPS) is 21.8. The van der Waals surface area contributed by atoms with Crippen LogP contribution in [0.25, 0.3) is 11.0 Å². The second kappa shape index (κ2) is 6.76. The molecule has 1 unspecified atom stereocenters. The van der Waals surface area contributed by atoms with Crippen LogP contribution in [0.15, 0.2) is 18.2 Å². The van der Waals surface area contributed by atoms with E-state index in [9.17, 15) is 28.0 Å². The third kappa shape index (κ3) is 2.92. The number of rotatable bonds is 4. The number of nitrogens with zero attached hydrogens (tertiary/aromatic N) is 3. The number of para-hydroxylation sites is 1. The van der Waals surface area contributed by atoms with Gasteiger partial charge in [0.2, 0.25) is 11.9 Å². The number of carbonyl (C=O) groups is 2. The Kier molecular flexibility index (Phi) is 4.48. The Labute approximate surface area is 163 Å². The molecule has 10 heteroatoms. The van der Waals surface area contributed by atoms with E-state index >= 15 is 0 Å². The van der Waals surface area contributed by atoms with Crippen molar-refractivity contribution in [3.05, 3.63) is 23.8 Å². The molecule has 1 aliphatic carbocycles. The zero-order valence-corrected chi connectivity index (χ0v) is 15.3. The molecule has 0 spiro atoms. The Bertz CT molecular complexity index is 1030. The van der Waals surface area contributed by atoms with Crippen LogP contribution >= 0.6 is 0 Å². The molecule has 2 aromatic rings. The lowest BCUT2D eigenvalue weighted by Gasteiger charge is -2.32. The average Bonchev–Trinajstić information content (AvgIpc) is 3.36. The molecule has 1 atom stereocenters. The highest BCUT2D eigenvalue weighted by Crippen LogP contribution is 2.44. The fourth-order valence-electron chi connectivity index (χ4n) is 4.24. The number of hydrogen-bond acceptors (Lipinski definition) is 4. The van der Waals surface area contributed by atoms with Gasteiger partial charge in [0.05, 0.1) is 11.1 Å². The molecule has 29 heavy (non-hydrogen) atoms. The summed E-state index contributed by atoms with van der Waals surface area (Å²) < 4.78 is 43.4. The SMILES string of the molecule is N#Cc1cccc2c1nc1n2C(NC(=O)CCC2CCCC2)(C(F)(F)F)C(=O)N1. The van der Waals surface area contributed by atoms with Crippen LogP contribution in [0.3, 0.4) is 0 Å². The Morgan fingerprint density at radius 1 is 1.38 bits per heavy atom. The first-order valence-corrected chi connectivity index (χ1v) is 9.39. The smallest absolute Gasteiger partial charge is 0.317 e. The lowest BCUT2D eigenvalue weighted by molar-refractivity contribution is -0.217. The van der Waals surface area contributed by atoms with Crippen molar-refractivity contribution >= 4 is 28.8 Å². The van der Waals surface area contributed by atoms with Crippen LogP contribution in [-0.4, -0.2) is 27.5 Å². The van der Waals surface area contributed by atoms with Crippen LogP contribution < -0.4 is 10.6 Å². The van der Waals surface area contributed by atoms with Gasteiger partial charge in [0, 0.05) is 6.42 Å². The average molecular weight is 405 g/mol. The topological polar surface area (TPSA) is 99.8 Å². The molecule has 2 N–H and O–H groups in total. The molecule has 1 saturated carbocycles. The first kappa shape index (κ1) is 19.2. The molecule has 4 rings (SSSR count). The van der Waals surface area contributed by atoms with Crippen molar-refractivity contribution in [1.29, 1.82) is 5.26 Å². The zero-order valence-electron chi connectivity index (χ0n) is 15.3. The summed E-state index contributed by atoms with van der Waals surface area (Å²) in [7, 11) is 0. The van der Waals surface area contributed by atoms with Crippen LogP contribution in [0.1, 0.15) is 44.1 Å². The number of alkyl halides is 3. The van der Waals surface area contributed by atoms with E-state index in [0.717, 1.165) is 25.7 Å². The summed E-state index contributed by atoms with van der Waals surface area (Å²) in [5.41, 5.74) is -3.27. The van der Waals surface area contributed by atoms with Crippen LogP contribution in [0.2, 0.25) is 0 Å². The van der Waals surface area contributed by atoms with E-state index in [1.54, 1.807) is 0 Å². The standard InChI is InChI=1S/C19H18F3N5O2/c20-19(21,22)18(26-14(28)9-8-11-4-1-2-5-11)16(29)25-17-24-15-12(10-23)6-3-7-13(15)27(17)18/h3,6-7,11H,1-2,4-5,8-9H2,(H,26,28)(H,24,25,29). The molecule has 1 aromatic carbocycles. The van der Waals surface area contributed by atoms with Gasteiger partial charge in [-0.05, 0) is 24.5 Å². The van der Waals surface area contributed by atoms with E-state index in [1.165, 1.54) is 18.2 Å². The number of hydrogen-bond donors (Lipinski definition) is 2. The first-order chi connectivity index (χ1) is 13.8. The molecule has 2 heterocycles. The number of amides is 2. The predicted octanol–water partition coefficient (Wildman–Crippen LogP) is 3.16. The van der Waals surface area contributed by atoms with Gasteiger partial charge in [0.25, 0.3) is 11.6 Å². The quantitative estimate of drug-likeness (QED) is 0.816. The summed E-state index contributed by atoms with van der Waals surface area (Å²) in [5.74, 6) is -2.31. The number of fused-ring (bicyclic) bond motifs is 3. The zero-order chi connectivity index (χ0) is 20.8. The molecule has 0 bridgehead atoms. The number of aromatic nitrogens is 2. The van der Waals surface area contributed by atoms with Crippen LogP contribution in [0, 0.1) is 17.2 Å². The van der Waals surface area contributed by atoms with E-state index in [-0.39, 0.29) is 29.0 Å². The van der Waals surface area contributed by atoms with E-state index in [4.69, 9.17) is 0 Å². The number of benzene rings is 1. The molecule has 152 valence electrons. The Balaban J connectivity index is 1.75. The van der Waals surface area contributed by atoms with Gasteiger partial charge in [-0.15, -0.1) is 0 Å². The van der Waals surface area contributed by atoms with E-state index < -0.39 is 23.7 Å². The molecule has 2 amide bonds. The van der Waals surface area contributed by atoms with Crippen molar-refractivity contribution in [2.75, 3.05) is 5.32 Å². The summed E-state index contributed by atoms with van der Waals surface area (Å²) in [5, 5.41) is 13.3. The molecule has 2 aliphatic rings. The van der Waals surface area contributed by atoms with Gasteiger partial charge in [0.1, 0.15) is 11.6 Å². The molecular weight excluding hydrogens is 387 g/mol. The maximum atomic E-state index is 14.2. The van der Waals surface area contributed by atoms with Crippen LogP contribution in [0.5, 0.6) is 0 Å². The number of imidazole rings is 1. The lowest BCUT2D eigenvalue weighted by atomic mass is 10.0. The number of anilines is 1. The maximum absolute atomic E-state index is 14.2. The van der Waals surface area contributed by atoms with Gasteiger partial charge in [-0.3, -0.25) is 19.5 Å². The summed E-state index contributed by atoms with van der Waals surface area (Å²) in [6.45, 7) is 0. The van der Waals surface area contributed by atoms with Gasteiger partial charge < -0.3 is 5.32 Å². The Morgan fingerprint density at radius 2 is 2.10 bits per heavy atom. The van der Waals surface area contributed by atoms with Gasteiger partial charge in [-0.25, -0.2) is 4.98 Å². The Morgan fingerprint density at radius 3 is 2.76 bits per heavy atom. The summed E-state index contributed by atoms with van der Waals surface area (Å²) >= 11 is 0. The number of nitriles is 1. The largest absolute Gasteiger partial charge is 0.440 e. The molecular formula is C19H18F3N5O2. The van der Waals surface area contributed by atoms with E-state index in [1.807, 2.05) is 11.4 Å². The van der Waals surface area contributed by atoms with Crippen LogP contribution in [-0.2, 0) is 15.3 Å². The van der Waals surface area contributed by atoms with Crippen molar-refractivity contribution in [1.82, 2.24) is 14.9 Å². The third-order valence-corrected chi connectivity index (χ3v) is 5.68. The van der Waals surface area contributed by atoms with Gasteiger partial charge in [-0.1, -0.05) is 31.7 Å². The first-order valence-electron chi connectivity index (χ1n) is 9.39. The molecule has 1 aliphatic heterocycles. The summed E-state index contributed by atoms with van der Waals surface area (Å²) in [6, 6.07) is 6.03. The fourth-order valence-corrected chi connectivity index (χ4v) is 4.24. The minimum absolute atomic E-state index is 0.0267. The summed E-state index contributed by atoms with van der Waals surface area (Å²) in [6.07, 6.45) is -0.684. The Hall–Kier alpha value is -3.09. The minimum Gasteiger partial charge on any atom is -0.317 e. The van der Waals surface area contributed by atoms with E-state index in [0.29, 0.717) is 16.9 Å². The van der Waals surface area contributed by atoms with Gasteiger partial charge in [0.15, 0.2) is 0 Å². The molecule has 1 aromatic heterocycles. The lowest BCUT2D eigenvalue weighted by Crippen LogP contribution is -2.63. The fraction of sp³-hybridized carbons (Fsp3) is 0.474. The van der Waals surface area contributed by atoms with Crippen molar-refractivity contribution in [2.45, 2.75) is 50.4 Å². The van der Waals surface area contributed by atoms with Crippen molar-refractivity contribution in [3.8, 4) is 6.07 Å². The highest BCUT2D eigenvalue weighted by atomic mass is 19.4. The second-order valence-electron chi connectivity index (χ2n) is 7.46. The molecule has 0 saturated heterocycles. The van der Waals surface area contributed by atoms with Crippen molar-refractivity contribution in [2.24, 2.45) is 5.92 Å². The van der Waals surface area contributed by atoms with Crippen molar-refractivity contribution in [3.63, 3.8) is 0 Å². The summed E-state index contributed by atoms with van der Waals surface area (Å²) in [4.78, 5) is 28.9. The highest BCUT2D eigenvalue weighted by Gasteiger charge is 2.67. The monoisotopic (exact) mass is 405 g/mol. The van der Waals surface area contributed by atoms with Gasteiger partial charge in [-0.2, -0.15) is 18.4 Å². The van der Waals surface area contributed by atoms with Crippen LogP contribution in [0.4, 0.5) is 19.1 Å². The molecule has 1 fully saturated rings. The third-order valence-electron chi connectivity index (χ3n) is 5.68. The van der Waals surface area contributed by atoms with Crippen molar-refractivity contribution < 1.29 is 22.8 Å². The number of halogens is 3. The number of carbonyl (C=O) groups excluding carboxylic acids is 2. The maximum Gasteiger partial charge on any atom is 0.440 e. The van der Waals surface area contributed by atoms with Gasteiger partial charge >= 0.3 is 6.18 Å². The molecule has 7 nitrogen and oxygen atoms in total. The highest BCUT2D eigenvalue weighted by molar-refractivity contribution is 6.05.